The van der Waals surface area contributed by atoms with Crippen LogP contribution in [-0.2, 0) is 26.1 Å². The molecule has 1 amide bonds. The van der Waals surface area contributed by atoms with Crippen LogP contribution in [-0.4, -0.2) is 64.2 Å². The van der Waals surface area contributed by atoms with Gasteiger partial charge in [0.2, 0.25) is 16.8 Å². The summed E-state index contributed by atoms with van der Waals surface area (Å²) in [6.07, 6.45) is 3.07. The van der Waals surface area contributed by atoms with Crippen molar-refractivity contribution in [3.63, 3.8) is 0 Å². The van der Waals surface area contributed by atoms with Gasteiger partial charge in [-0.05, 0) is 55.2 Å². The highest BCUT2D eigenvalue weighted by atomic mass is 32.2. The Bertz CT molecular complexity index is 1240. The third-order valence-corrected chi connectivity index (χ3v) is 8.53. The van der Waals surface area contributed by atoms with E-state index in [1.165, 1.54) is 16.4 Å². The summed E-state index contributed by atoms with van der Waals surface area (Å²) in [4.78, 5) is 27.6. The Balaban J connectivity index is 1.46. The summed E-state index contributed by atoms with van der Waals surface area (Å²) in [7, 11) is -3.77. The molecule has 1 fully saturated rings. The third-order valence-electron chi connectivity index (χ3n) is 6.49. The molecule has 2 aromatic carbocycles. The van der Waals surface area contributed by atoms with Crippen LogP contribution in [0.15, 0.2) is 41.3 Å². The Morgan fingerprint density at radius 1 is 1.00 bits per heavy atom. The second kappa shape index (κ2) is 11.8. The van der Waals surface area contributed by atoms with E-state index in [-0.39, 0.29) is 23.8 Å². The predicted molar refractivity (Wildman–Crippen MR) is 137 cm³/mol. The summed E-state index contributed by atoms with van der Waals surface area (Å²) in [6.45, 7) is 5.58. The molecule has 10 nitrogen and oxygen atoms in total. The zero-order valence-corrected chi connectivity index (χ0v) is 22.0. The van der Waals surface area contributed by atoms with Crippen LogP contribution in [0.25, 0.3) is 0 Å². The standard InChI is InChI=1S/C26H33N3O7S/c1-3-29(4-2)37(32,33)20-9-10-22(28-12-6-5-7-13-28)21(15-20)26(31)34-17-25(30)27-16-19-8-11-23-24(14-19)36-18-35-23/h8-11,14-15H,3-7,12-13,16-18H2,1-2H3,(H,27,30). The van der Waals surface area contributed by atoms with Crippen molar-refractivity contribution in [1.82, 2.24) is 9.62 Å². The molecule has 11 heteroatoms. The lowest BCUT2D eigenvalue weighted by atomic mass is 10.1. The lowest BCUT2D eigenvalue weighted by Crippen LogP contribution is -2.33. The topological polar surface area (TPSA) is 114 Å². The van der Waals surface area contributed by atoms with Crippen LogP contribution in [0.3, 0.4) is 0 Å². The van der Waals surface area contributed by atoms with Gasteiger partial charge >= 0.3 is 5.97 Å². The van der Waals surface area contributed by atoms with Crippen molar-refractivity contribution in [1.29, 1.82) is 0 Å². The van der Waals surface area contributed by atoms with Crippen LogP contribution in [0.5, 0.6) is 11.5 Å². The number of sulfonamides is 1. The zero-order valence-electron chi connectivity index (χ0n) is 21.2. The van der Waals surface area contributed by atoms with Gasteiger partial charge in [-0.25, -0.2) is 13.2 Å². The number of anilines is 1. The van der Waals surface area contributed by atoms with Crippen molar-refractivity contribution in [3.8, 4) is 11.5 Å². The maximum Gasteiger partial charge on any atom is 0.340 e. The molecule has 0 atom stereocenters. The van der Waals surface area contributed by atoms with Crippen molar-refractivity contribution >= 4 is 27.6 Å². The molecule has 37 heavy (non-hydrogen) atoms. The number of rotatable bonds is 10. The maximum atomic E-state index is 13.1. The van der Waals surface area contributed by atoms with Crippen molar-refractivity contribution in [2.24, 2.45) is 0 Å². The minimum absolute atomic E-state index is 0.0242. The number of hydrogen-bond donors (Lipinski definition) is 1. The number of esters is 1. The average molecular weight is 532 g/mol. The van der Waals surface area contributed by atoms with Gasteiger partial charge in [-0.1, -0.05) is 19.9 Å². The summed E-state index contributed by atoms with van der Waals surface area (Å²) >= 11 is 0. The fraction of sp³-hybridized carbons (Fsp3) is 0.462. The van der Waals surface area contributed by atoms with Gasteiger partial charge in [0.15, 0.2) is 18.1 Å². The second-order valence-corrected chi connectivity index (χ2v) is 10.8. The third kappa shape index (κ3) is 6.16. The van der Waals surface area contributed by atoms with Gasteiger partial charge in [0, 0.05) is 32.7 Å². The van der Waals surface area contributed by atoms with Gasteiger partial charge in [0.05, 0.1) is 16.1 Å². The highest BCUT2D eigenvalue weighted by Crippen LogP contribution is 2.32. The molecule has 4 rings (SSSR count). The van der Waals surface area contributed by atoms with E-state index >= 15 is 0 Å². The van der Waals surface area contributed by atoms with Crippen molar-refractivity contribution in [3.05, 3.63) is 47.5 Å². The Hall–Kier alpha value is -3.31. The monoisotopic (exact) mass is 531 g/mol. The number of nitrogens with zero attached hydrogens (tertiary/aromatic N) is 2. The van der Waals surface area contributed by atoms with Crippen LogP contribution in [0.4, 0.5) is 5.69 Å². The van der Waals surface area contributed by atoms with E-state index in [9.17, 15) is 18.0 Å². The number of hydrogen-bond acceptors (Lipinski definition) is 8. The molecule has 2 aromatic rings. The number of carbonyl (C=O) groups is 2. The zero-order chi connectivity index (χ0) is 26.4. The smallest absolute Gasteiger partial charge is 0.340 e. The summed E-state index contributed by atoms with van der Waals surface area (Å²) < 4.78 is 43.5. The molecule has 0 aromatic heterocycles. The minimum atomic E-state index is -3.77. The normalized spacial score (nSPS) is 15.1. The molecular formula is C26H33N3O7S. The van der Waals surface area contributed by atoms with Gasteiger partial charge in [-0.3, -0.25) is 4.79 Å². The van der Waals surface area contributed by atoms with E-state index in [1.54, 1.807) is 32.0 Å². The Labute approximate surface area is 217 Å². The molecule has 0 spiro atoms. The molecule has 1 N–H and O–H groups in total. The predicted octanol–water partition coefficient (Wildman–Crippen LogP) is 2.91. The van der Waals surface area contributed by atoms with Crippen LogP contribution >= 0.6 is 0 Å². The number of benzene rings is 2. The molecule has 0 bridgehead atoms. The highest BCUT2D eigenvalue weighted by Gasteiger charge is 2.27. The molecule has 0 radical (unpaired) electrons. The fourth-order valence-corrected chi connectivity index (χ4v) is 5.96. The molecular weight excluding hydrogens is 498 g/mol. The van der Waals surface area contributed by atoms with Gasteiger partial charge in [-0.15, -0.1) is 0 Å². The minimum Gasteiger partial charge on any atom is -0.454 e. The van der Waals surface area contributed by atoms with E-state index in [4.69, 9.17) is 14.2 Å². The Morgan fingerprint density at radius 3 is 2.46 bits per heavy atom. The largest absolute Gasteiger partial charge is 0.454 e. The van der Waals surface area contributed by atoms with Gasteiger partial charge < -0.3 is 24.4 Å². The van der Waals surface area contributed by atoms with Gasteiger partial charge in [-0.2, -0.15) is 4.31 Å². The molecule has 1 saturated heterocycles. The van der Waals surface area contributed by atoms with E-state index < -0.39 is 28.5 Å². The number of piperidine rings is 1. The molecule has 2 aliphatic rings. The lowest BCUT2D eigenvalue weighted by Gasteiger charge is -2.30. The molecule has 200 valence electrons. The number of carbonyl (C=O) groups excluding carboxylic acids is 2. The van der Waals surface area contributed by atoms with Crippen molar-refractivity contribution in [2.75, 3.05) is 44.5 Å². The first-order chi connectivity index (χ1) is 17.8. The van der Waals surface area contributed by atoms with Gasteiger partial charge in [0.25, 0.3) is 5.91 Å². The van der Waals surface area contributed by atoms with Crippen LogP contribution in [0, 0.1) is 0 Å². The number of fused-ring (bicyclic) bond motifs is 1. The number of ether oxygens (including phenoxy) is 3. The quantitative estimate of drug-likeness (QED) is 0.466. The summed E-state index contributed by atoms with van der Waals surface area (Å²) in [5, 5.41) is 2.72. The number of amides is 1. The molecule has 0 saturated carbocycles. The van der Waals surface area contributed by atoms with Crippen molar-refractivity contribution in [2.45, 2.75) is 44.6 Å². The van der Waals surface area contributed by atoms with E-state index in [2.05, 4.69) is 10.2 Å². The first-order valence-corrected chi connectivity index (χ1v) is 14.0. The number of nitrogens with one attached hydrogen (secondary N) is 1. The van der Waals surface area contributed by atoms with Crippen LogP contribution in [0.1, 0.15) is 49.0 Å². The van der Waals surface area contributed by atoms with E-state index in [0.717, 1.165) is 37.9 Å². The van der Waals surface area contributed by atoms with Gasteiger partial charge in [0.1, 0.15) is 0 Å². The SMILES string of the molecule is CCN(CC)S(=O)(=O)c1ccc(N2CCCCC2)c(C(=O)OCC(=O)NCc2ccc3c(c2)OCO3)c1. The Morgan fingerprint density at radius 2 is 1.73 bits per heavy atom. The van der Waals surface area contributed by atoms with Crippen LogP contribution in [0.2, 0.25) is 0 Å². The molecule has 0 unspecified atom stereocenters. The molecule has 0 aliphatic carbocycles. The summed E-state index contributed by atoms with van der Waals surface area (Å²) in [6, 6.07) is 9.92. The molecule has 2 heterocycles. The summed E-state index contributed by atoms with van der Waals surface area (Å²) in [5.74, 6) is 0.0505. The van der Waals surface area contributed by atoms with E-state index in [0.29, 0.717) is 30.3 Å². The lowest BCUT2D eigenvalue weighted by molar-refractivity contribution is -0.124. The van der Waals surface area contributed by atoms with Crippen LogP contribution < -0.4 is 19.7 Å². The van der Waals surface area contributed by atoms with Crippen molar-refractivity contribution < 1.29 is 32.2 Å². The first kappa shape index (κ1) is 26.7. The maximum absolute atomic E-state index is 13.1. The molecule has 2 aliphatic heterocycles. The summed E-state index contributed by atoms with van der Waals surface area (Å²) in [5.41, 5.74) is 1.56. The highest BCUT2D eigenvalue weighted by molar-refractivity contribution is 7.89. The second-order valence-electron chi connectivity index (χ2n) is 8.86. The first-order valence-electron chi connectivity index (χ1n) is 12.5. The Kier molecular flexibility index (Phi) is 8.55. The fourth-order valence-electron chi connectivity index (χ4n) is 4.47. The van der Waals surface area contributed by atoms with E-state index in [1.807, 2.05) is 6.07 Å². The average Bonchev–Trinajstić information content (AvgIpc) is 3.39.